The second-order valence-corrected chi connectivity index (χ2v) is 8.54. The van der Waals surface area contributed by atoms with Gasteiger partial charge < -0.3 is 10.2 Å². The smallest absolute Gasteiger partial charge is 0.221 e. The van der Waals surface area contributed by atoms with Crippen LogP contribution in [0.3, 0.4) is 0 Å². The first-order valence-corrected chi connectivity index (χ1v) is 11.0. The van der Waals surface area contributed by atoms with Crippen molar-refractivity contribution >= 4 is 17.4 Å². The molecule has 4 rings (SSSR count). The molecular formula is C25H30N6O. The zero-order valence-corrected chi connectivity index (χ0v) is 19.0. The Kier molecular flexibility index (Phi) is 6.75. The molecule has 1 saturated heterocycles. The largest absolute Gasteiger partial charge is 0.363 e. The number of nitrogens with one attached hydrogen (secondary N) is 1. The molecule has 7 nitrogen and oxygen atoms in total. The number of benzene rings is 1. The topological polar surface area (TPSA) is 74.2 Å². The van der Waals surface area contributed by atoms with Gasteiger partial charge in [-0.1, -0.05) is 12.1 Å². The van der Waals surface area contributed by atoms with Crippen LogP contribution in [0.4, 0.5) is 11.5 Å². The van der Waals surface area contributed by atoms with Gasteiger partial charge in [0.15, 0.2) is 5.82 Å². The first-order valence-electron chi connectivity index (χ1n) is 11.0. The second kappa shape index (κ2) is 9.87. The molecule has 32 heavy (non-hydrogen) atoms. The number of anilines is 2. The number of likely N-dealkylation sites (tertiary alicyclic amines) is 1. The van der Waals surface area contributed by atoms with E-state index in [1.54, 1.807) is 6.20 Å². The number of piperidine rings is 1. The Morgan fingerprint density at radius 2 is 1.88 bits per heavy atom. The molecule has 0 aliphatic carbocycles. The van der Waals surface area contributed by atoms with Crippen LogP contribution in [0.25, 0.3) is 11.4 Å². The van der Waals surface area contributed by atoms with E-state index in [-0.39, 0.29) is 5.91 Å². The zero-order valence-electron chi connectivity index (χ0n) is 19.0. The summed E-state index contributed by atoms with van der Waals surface area (Å²) in [5.74, 6) is 2.04. The Balaban J connectivity index is 1.42. The third kappa shape index (κ3) is 5.48. The van der Waals surface area contributed by atoms with Crippen LogP contribution in [0.15, 0.2) is 54.9 Å². The lowest BCUT2D eigenvalue weighted by Crippen LogP contribution is -2.32. The highest BCUT2D eigenvalue weighted by Crippen LogP contribution is 2.30. The molecule has 0 radical (unpaired) electrons. The summed E-state index contributed by atoms with van der Waals surface area (Å²) in [5.41, 5.74) is 4.15. The van der Waals surface area contributed by atoms with Crippen LogP contribution in [-0.4, -0.2) is 52.9 Å². The van der Waals surface area contributed by atoms with Crippen molar-refractivity contribution in [3.05, 3.63) is 66.1 Å². The van der Waals surface area contributed by atoms with E-state index in [2.05, 4.69) is 33.4 Å². The zero-order chi connectivity index (χ0) is 22.5. The van der Waals surface area contributed by atoms with Crippen molar-refractivity contribution in [1.29, 1.82) is 0 Å². The molecule has 1 fully saturated rings. The number of hydrogen-bond acceptors (Lipinski definition) is 6. The lowest BCUT2D eigenvalue weighted by molar-refractivity contribution is -0.114. The van der Waals surface area contributed by atoms with Gasteiger partial charge in [-0.15, -0.1) is 0 Å². The molecule has 7 heteroatoms. The molecule has 1 amide bonds. The third-order valence-corrected chi connectivity index (χ3v) is 5.80. The van der Waals surface area contributed by atoms with Gasteiger partial charge in [-0.3, -0.25) is 14.7 Å². The van der Waals surface area contributed by atoms with Gasteiger partial charge in [-0.25, -0.2) is 9.97 Å². The molecule has 1 aromatic carbocycles. The minimum atomic E-state index is -0.0475. The fourth-order valence-corrected chi connectivity index (χ4v) is 4.06. The predicted molar refractivity (Wildman–Crippen MR) is 128 cm³/mol. The van der Waals surface area contributed by atoms with Crippen LogP contribution in [-0.2, 0) is 11.3 Å². The number of pyridine rings is 1. The summed E-state index contributed by atoms with van der Waals surface area (Å²) in [6.07, 6.45) is 5.72. The number of hydrogen-bond donors (Lipinski definition) is 1. The second-order valence-electron chi connectivity index (χ2n) is 8.54. The molecule has 0 unspecified atom stereocenters. The molecule has 0 atom stereocenters. The lowest BCUT2D eigenvalue weighted by Gasteiger charge is -2.32. The van der Waals surface area contributed by atoms with E-state index in [0.29, 0.717) is 5.92 Å². The summed E-state index contributed by atoms with van der Waals surface area (Å²) >= 11 is 0. The van der Waals surface area contributed by atoms with E-state index in [1.165, 1.54) is 12.5 Å². The third-order valence-electron chi connectivity index (χ3n) is 5.80. The van der Waals surface area contributed by atoms with Crippen LogP contribution in [0.1, 0.15) is 36.9 Å². The van der Waals surface area contributed by atoms with Gasteiger partial charge in [0.25, 0.3) is 0 Å². The van der Waals surface area contributed by atoms with Crippen LogP contribution >= 0.6 is 0 Å². The van der Waals surface area contributed by atoms with Gasteiger partial charge in [0.1, 0.15) is 5.82 Å². The van der Waals surface area contributed by atoms with E-state index in [4.69, 9.17) is 9.97 Å². The molecular weight excluding hydrogens is 400 g/mol. The number of nitrogens with zero attached hydrogens (tertiary/aromatic N) is 5. The number of rotatable bonds is 6. The maximum Gasteiger partial charge on any atom is 0.221 e. The summed E-state index contributed by atoms with van der Waals surface area (Å²) in [7, 11) is 4.03. The molecule has 1 aliphatic heterocycles. The van der Waals surface area contributed by atoms with Crippen molar-refractivity contribution in [1.82, 2.24) is 19.9 Å². The highest BCUT2D eigenvalue weighted by atomic mass is 16.1. The average molecular weight is 431 g/mol. The van der Waals surface area contributed by atoms with Crippen LogP contribution in [0.2, 0.25) is 0 Å². The maximum atomic E-state index is 11.2. The van der Waals surface area contributed by atoms with Gasteiger partial charge in [0.2, 0.25) is 5.91 Å². The maximum absolute atomic E-state index is 11.2. The molecule has 0 spiro atoms. The lowest BCUT2D eigenvalue weighted by atomic mass is 9.92. The van der Waals surface area contributed by atoms with Gasteiger partial charge in [-0.05, 0) is 55.8 Å². The van der Waals surface area contributed by atoms with E-state index in [1.807, 2.05) is 49.5 Å². The van der Waals surface area contributed by atoms with E-state index in [9.17, 15) is 4.79 Å². The van der Waals surface area contributed by atoms with Gasteiger partial charge in [0.05, 0.1) is 0 Å². The fourth-order valence-electron chi connectivity index (χ4n) is 4.06. The van der Waals surface area contributed by atoms with Gasteiger partial charge in [0, 0.05) is 68.9 Å². The van der Waals surface area contributed by atoms with Crippen molar-refractivity contribution in [2.24, 2.45) is 0 Å². The van der Waals surface area contributed by atoms with Gasteiger partial charge in [-0.2, -0.15) is 0 Å². The summed E-state index contributed by atoms with van der Waals surface area (Å²) in [6.45, 7) is 4.50. The molecule has 0 saturated carbocycles. The highest BCUT2D eigenvalue weighted by Gasteiger charge is 2.23. The van der Waals surface area contributed by atoms with Crippen molar-refractivity contribution in [3.8, 4) is 11.4 Å². The Morgan fingerprint density at radius 3 is 2.50 bits per heavy atom. The van der Waals surface area contributed by atoms with Crippen LogP contribution in [0, 0.1) is 0 Å². The molecule has 166 valence electrons. The first kappa shape index (κ1) is 21.9. The monoisotopic (exact) mass is 430 g/mol. The standard InChI is InChI=1S/C25H30N6O/c1-18(32)27-22-8-6-19(7-9-22)17-31-13-10-20(11-14-31)23-15-24(30(2)3)29-25(28-23)21-5-4-12-26-16-21/h4-9,12,15-16,20H,10-11,13-14,17H2,1-3H3,(H,27,32). The summed E-state index contributed by atoms with van der Waals surface area (Å²) < 4.78 is 0. The molecule has 1 N–H and O–H groups in total. The highest BCUT2D eigenvalue weighted by molar-refractivity contribution is 5.88. The van der Waals surface area contributed by atoms with E-state index < -0.39 is 0 Å². The van der Waals surface area contributed by atoms with Crippen LogP contribution in [0.5, 0.6) is 0 Å². The SMILES string of the molecule is CC(=O)Nc1ccc(CN2CCC(c3cc(N(C)C)nc(-c4cccnc4)n3)CC2)cc1. The number of amides is 1. The number of carbonyl (C=O) groups is 1. The molecule has 3 heterocycles. The molecule has 0 bridgehead atoms. The normalized spacial score (nSPS) is 14.8. The minimum absolute atomic E-state index is 0.0475. The quantitative estimate of drug-likeness (QED) is 0.638. The summed E-state index contributed by atoms with van der Waals surface area (Å²) in [5, 5.41) is 2.82. The van der Waals surface area contributed by atoms with Crippen molar-refractivity contribution in [2.45, 2.75) is 32.2 Å². The Hall–Kier alpha value is -3.32. The minimum Gasteiger partial charge on any atom is -0.363 e. The first-order chi connectivity index (χ1) is 15.5. The van der Waals surface area contributed by atoms with Gasteiger partial charge >= 0.3 is 0 Å². The number of aromatic nitrogens is 3. The van der Waals surface area contributed by atoms with Crippen molar-refractivity contribution in [2.75, 3.05) is 37.4 Å². The van der Waals surface area contributed by atoms with Crippen molar-refractivity contribution < 1.29 is 4.79 Å². The molecule has 1 aliphatic rings. The molecule has 3 aromatic rings. The van der Waals surface area contributed by atoms with Crippen LogP contribution < -0.4 is 10.2 Å². The van der Waals surface area contributed by atoms with Crippen molar-refractivity contribution in [3.63, 3.8) is 0 Å². The summed E-state index contributed by atoms with van der Waals surface area (Å²) in [6, 6.07) is 14.2. The van der Waals surface area contributed by atoms with E-state index >= 15 is 0 Å². The average Bonchev–Trinajstić information content (AvgIpc) is 2.81. The number of carbonyl (C=O) groups excluding carboxylic acids is 1. The Morgan fingerprint density at radius 1 is 1.12 bits per heavy atom. The van der Waals surface area contributed by atoms with E-state index in [0.717, 1.165) is 61.1 Å². The summed E-state index contributed by atoms with van der Waals surface area (Å²) in [4.78, 5) is 29.6. The molecule has 2 aromatic heterocycles. The fraction of sp³-hybridized carbons (Fsp3) is 0.360. The Bertz CT molecular complexity index is 1040. The Labute approximate surface area is 189 Å². The predicted octanol–water partition coefficient (Wildman–Crippen LogP) is 3.94.